The molecule has 3 aromatic carbocycles. The molecule has 2 unspecified atom stereocenters. The first-order valence-electron chi connectivity index (χ1n) is 17.4. The molecule has 3 aromatic rings. The number of carbonyl (C=O) groups is 2. The van der Waals surface area contributed by atoms with Crippen LogP contribution in [0.5, 0.6) is 11.5 Å². The number of carbonyl (C=O) groups excluding carboxylic acids is 2. The van der Waals surface area contributed by atoms with Crippen LogP contribution >= 0.6 is 0 Å². The van der Waals surface area contributed by atoms with Crippen LogP contribution in [0.25, 0.3) is 12.8 Å². The molecule has 1 aliphatic heterocycles. The lowest BCUT2D eigenvalue weighted by atomic mass is 9.94. The molecule has 0 bridgehead atoms. The molecular weight excluding hydrogens is 629 g/mol. The lowest BCUT2D eigenvalue weighted by Crippen LogP contribution is -2.38. The summed E-state index contributed by atoms with van der Waals surface area (Å²) in [4.78, 5) is 28.4. The molecule has 1 aliphatic rings. The SMILES string of the molecule is C=c1ccc(C(=O)NCC2CCCCO2)c(CC)/c1=C/N(C)CC(CCC)CCCC(=O)c1ccc(Oc2ccc(C(F)(F)F)cc2)cc1. The number of alkyl halides is 3. The van der Waals surface area contributed by atoms with E-state index in [2.05, 4.69) is 36.8 Å². The molecule has 2 atom stereocenters. The largest absolute Gasteiger partial charge is 0.457 e. The van der Waals surface area contributed by atoms with Gasteiger partial charge in [-0.3, -0.25) is 9.59 Å². The smallest absolute Gasteiger partial charge is 0.416 e. The van der Waals surface area contributed by atoms with Crippen LogP contribution in [0.15, 0.2) is 60.7 Å². The van der Waals surface area contributed by atoms with Crippen LogP contribution in [0, 0.1) is 5.92 Å². The van der Waals surface area contributed by atoms with Crippen molar-refractivity contribution in [3.63, 3.8) is 0 Å². The van der Waals surface area contributed by atoms with Gasteiger partial charge in [0.1, 0.15) is 11.5 Å². The summed E-state index contributed by atoms with van der Waals surface area (Å²) >= 11 is 0. The molecule has 1 amide bonds. The highest BCUT2D eigenvalue weighted by Crippen LogP contribution is 2.31. The first-order chi connectivity index (χ1) is 23.5. The first-order valence-corrected chi connectivity index (χ1v) is 17.4. The van der Waals surface area contributed by atoms with E-state index in [4.69, 9.17) is 9.47 Å². The Balaban J connectivity index is 1.32. The Kier molecular flexibility index (Phi) is 13.9. The minimum Gasteiger partial charge on any atom is -0.457 e. The molecule has 49 heavy (non-hydrogen) atoms. The summed E-state index contributed by atoms with van der Waals surface area (Å²) in [5.74, 6) is 1.07. The quantitative estimate of drug-likeness (QED) is 0.156. The van der Waals surface area contributed by atoms with Crippen LogP contribution in [0.1, 0.15) is 97.1 Å². The molecular formula is C40H49F3N2O4. The molecule has 0 aliphatic carbocycles. The third-order valence-electron chi connectivity index (χ3n) is 9.01. The van der Waals surface area contributed by atoms with Gasteiger partial charge in [-0.15, -0.1) is 0 Å². The average molecular weight is 679 g/mol. The minimum atomic E-state index is -4.40. The van der Waals surface area contributed by atoms with E-state index in [1.54, 1.807) is 24.3 Å². The predicted octanol–water partition coefficient (Wildman–Crippen LogP) is 7.91. The Morgan fingerprint density at radius 1 is 1.02 bits per heavy atom. The first kappa shape index (κ1) is 37.7. The number of hydrogen-bond acceptors (Lipinski definition) is 5. The lowest BCUT2D eigenvalue weighted by molar-refractivity contribution is -0.137. The van der Waals surface area contributed by atoms with Gasteiger partial charge in [0, 0.05) is 55.7 Å². The van der Waals surface area contributed by atoms with Gasteiger partial charge in [-0.1, -0.05) is 32.9 Å². The number of Topliss-reactive ketones (excluding diaryl/α,β-unsaturated/α-hetero) is 1. The fourth-order valence-electron chi connectivity index (χ4n) is 6.41. The van der Waals surface area contributed by atoms with Crippen molar-refractivity contribution in [2.45, 2.75) is 83.9 Å². The molecule has 0 radical (unpaired) electrons. The van der Waals surface area contributed by atoms with Crippen LogP contribution < -0.4 is 20.5 Å². The molecule has 0 spiro atoms. The molecule has 0 aromatic heterocycles. The molecule has 9 heteroatoms. The molecule has 0 saturated carbocycles. The second kappa shape index (κ2) is 18.0. The topological polar surface area (TPSA) is 67.9 Å². The third-order valence-corrected chi connectivity index (χ3v) is 9.01. The second-order valence-corrected chi connectivity index (χ2v) is 12.9. The summed E-state index contributed by atoms with van der Waals surface area (Å²) in [5.41, 5.74) is 1.49. The van der Waals surface area contributed by atoms with Gasteiger partial charge in [-0.25, -0.2) is 0 Å². The number of nitrogens with one attached hydrogen (secondary N) is 1. The Labute approximate surface area is 288 Å². The molecule has 1 N–H and O–H groups in total. The van der Waals surface area contributed by atoms with Crippen LogP contribution in [0.4, 0.5) is 13.2 Å². The monoisotopic (exact) mass is 678 g/mol. The van der Waals surface area contributed by atoms with E-state index < -0.39 is 11.7 Å². The van der Waals surface area contributed by atoms with Crippen molar-refractivity contribution in [3.8, 4) is 11.5 Å². The van der Waals surface area contributed by atoms with Gasteiger partial charge in [0.2, 0.25) is 0 Å². The Hall–Kier alpha value is -4.11. The van der Waals surface area contributed by atoms with Crippen LogP contribution in [-0.4, -0.2) is 49.4 Å². The summed E-state index contributed by atoms with van der Waals surface area (Å²) in [6.45, 7) is 10.6. The molecule has 1 fully saturated rings. The standard InChI is InChI=1S/C40H49F3N2O4/c1-5-10-29(11-9-13-38(46)30-15-19-32(20-16-30)49-33-21-17-31(18-22-33)40(41,42)43)26-45(4)27-37-28(3)14-23-36(35(37)6-2)39(47)44-25-34-12-7-8-24-48-34/h14-23,27,29,34H,3,5-13,24-26H2,1-2,4H3,(H,44,47)/b37-27+. The van der Waals surface area contributed by atoms with E-state index in [1.807, 2.05) is 19.2 Å². The van der Waals surface area contributed by atoms with E-state index >= 15 is 0 Å². The number of ether oxygens (including phenoxy) is 2. The summed E-state index contributed by atoms with van der Waals surface area (Å²) in [5, 5.41) is 4.93. The number of halogens is 3. The van der Waals surface area contributed by atoms with Gasteiger partial charge in [-0.2, -0.15) is 13.2 Å². The minimum absolute atomic E-state index is 0.0377. The van der Waals surface area contributed by atoms with Crippen LogP contribution in [0.3, 0.4) is 0 Å². The number of hydrogen-bond donors (Lipinski definition) is 1. The number of benzene rings is 3. The van der Waals surface area contributed by atoms with Crippen molar-refractivity contribution < 1.29 is 32.2 Å². The summed E-state index contributed by atoms with van der Waals surface area (Å²) in [6.07, 6.45) is 5.78. The van der Waals surface area contributed by atoms with E-state index in [9.17, 15) is 22.8 Å². The van der Waals surface area contributed by atoms with E-state index in [0.29, 0.717) is 42.2 Å². The summed E-state index contributed by atoms with van der Waals surface area (Å²) < 4.78 is 49.9. The van der Waals surface area contributed by atoms with Crippen molar-refractivity contribution in [2.75, 3.05) is 26.7 Å². The predicted molar refractivity (Wildman–Crippen MR) is 188 cm³/mol. The maximum atomic E-state index is 13.2. The normalized spacial score (nSPS) is 15.9. The van der Waals surface area contributed by atoms with E-state index in [-0.39, 0.29) is 23.5 Å². The molecule has 6 nitrogen and oxygen atoms in total. The number of nitrogens with zero attached hydrogens (tertiary/aromatic N) is 1. The second-order valence-electron chi connectivity index (χ2n) is 12.9. The van der Waals surface area contributed by atoms with E-state index in [0.717, 1.165) is 86.2 Å². The van der Waals surface area contributed by atoms with Gasteiger partial charge in [0.05, 0.1) is 11.7 Å². The van der Waals surface area contributed by atoms with Crippen molar-refractivity contribution >= 4 is 24.5 Å². The Morgan fingerprint density at radius 3 is 2.33 bits per heavy atom. The molecule has 1 saturated heterocycles. The van der Waals surface area contributed by atoms with Crippen molar-refractivity contribution in [3.05, 3.63) is 93.4 Å². The maximum Gasteiger partial charge on any atom is 0.416 e. The highest BCUT2D eigenvalue weighted by atomic mass is 19.4. The molecule has 264 valence electrons. The number of rotatable bonds is 16. The van der Waals surface area contributed by atoms with Gasteiger partial charge < -0.3 is 19.7 Å². The maximum absolute atomic E-state index is 13.2. The summed E-state index contributed by atoms with van der Waals surface area (Å²) in [6, 6.07) is 15.0. The van der Waals surface area contributed by atoms with Crippen molar-refractivity contribution in [2.24, 2.45) is 5.92 Å². The fraction of sp³-hybridized carbons (Fsp3) is 0.450. The number of ketones is 1. The molecule has 1 heterocycles. The fourth-order valence-corrected chi connectivity index (χ4v) is 6.41. The highest BCUT2D eigenvalue weighted by Gasteiger charge is 2.30. The van der Waals surface area contributed by atoms with Crippen molar-refractivity contribution in [1.29, 1.82) is 0 Å². The van der Waals surface area contributed by atoms with Gasteiger partial charge >= 0.3 is 6.18 Å². The van der Waals surface area contributed by atoms with Gasteiger partial charge in [-0.05, 0) is 116 Å². The van der Waals surface area contributed by atoms with Crippen LogP contribution in [0.2, 0.25) is 0 Å². The van der Waals surface area contributed by atoms with Gasteiger partial charge in [0.15, 0.2) is 5.78 Å². The average Bonchev–Trinajstić information content (AvgIpc) is 3.08. The van der Waals surface area contributed by atoms with Crippen molar-refractivity contribution in [1.82, 2.24) is 10.2 Å². The zero-order valence-corrected chi connectivity index (χ0v) is 28.9. The highest BCUT2D eigenvalue weighted by molar-refractivity contribution is 5.96. The summed E-state index contributed by atoms with van der Waals surface area (Å²) in [7, 11) is 2.05. The Morgan fingerprint density at radius 2 is 1.71 bits per heavy atom. The lowest BCUT2D eigenvalue weighted by Gasteiger charge is -2.24. The van der Waals surface area contributed by atoms with E-state index in [1.165, 1.54) is 12.1 Å². The zero-order chi connectivity index (χ0) is 35.4. The number of amides is 1. The molecule has 4 rings (SSSR count). The third kappa shape index (κ3) is 11.2. The zero-order valence-electron chi connectivity index (χ0n) is 28.9. The van der Waals surface area contributed by atoms with Gasteiger partial charge in [0.25, 0.3) is 5.91 Å². The van der Waals surface area contributed by atoms with Crippen LogP contribution in [-0.2, 0) is 17.3 Å². The Bertz CT molecular complexity index is 1630.